The number of aromatic nitrogens is 2. The Morgan fingerprint density at radius 2 is 1.84 bits per heavy atom. The molecule has 7 heteroatoms. The minimum Gasteiger partial charge on any atom is -0.497 e. The summed E-state index contributed by atoms with van der Waals surface area (Å²) in [6, 6.07) is 18.2. The Morgan fingerprint density at radius 3 is 2.58 bits per heavy atom. The molecule has 1 heterocycles. The molecule has 0 bridgehead atoms. The molecule has 0 radical (unpaired) electrons. The van der Waals surface area contributed by atoms with Crippen molar-refractivity contribution in [3.05, 3.63) is 94.3 Å². The first kappa shape index (κ1) is 20.3. The van der Waals surface area contributed by atoms with Gasteiger partial charge in [0.05, 0.1) is 35.8 Å². The van der Waals surface area contributed by atoms with Crippen LogP contribution in [0.15, 0.2) is 71.5 Å². The van der Waals surface area contributed by atoms with Crippen LogP contribution in [-0.4, -0.2) is 22.6 Å². The largest absolute Gasteiger partial charge is 0.497 e. The van der Waals surface area contributed by atoms with E-state index in [9.17, 15) is 14.0 Å². The minimum atomic E-state index is -0.591. The summed E-state index contributed by atoms with van der Waals surface area (Å²) < 4.78 is 20.9. The van der Waals surface area contributed by atoms with Gasteiger partial charge in [-0.1, -0.05) is 24.3 Å². The number of para-hydroxylation sites is 1. The summed E-state index contributed by atoms with van der Waals surface area (Å²) in [6.07, 6.45) is 0.0736. The molecule has 31 heavy (non-hydrogen) atoms. The van der Waals surface area contributed by atoms with Gasteiger partial charge in [0, 0.05) is 0 Å². The number of aryl methyl sites for hydroxylation is 1. The lowest BCUT2D eigenvalue weighted by molar-refractivity contribution is -0.115. The van der Waals surface area contributed by atoms with E-state index in [0.717, 1.165) is 5.56 Å². The van der Waals surface area contributed by atoms with E-state index in [-0.39, 0.29) is 23.6 Å². The number of ether oxygens (including phenoxy) is 1. The Bertz CT molecular complexity index is 1330. The van der Waals surface area contributed by atoms with Crippen LogP contribution in [0.3, 0.4) is 0 Å². The molecule has 0 spiro atoms. The molecule has 1 aromatic heterocycles. The highest BCUT2D eigenvalue weighted by molar-refractivity contribution is 5.92. The summed E-state index contributed by atoms with van der Waals surface area (Å²) in [7, 11) is 1.57. The van der Waals surface area contributed by atoms with Crippen LogP contribution >= 0.6 is 0 Å². The summed E-state index contributed by atoms with van der Waals surface area (Å²) in [5, 5.41) is 3.05. The lowest BCUT2D eigenvalue weighted by Gasteiger charge is -2.13. The van der Waals surface area contributed by atoms with Gasteiger partial charge < -0.3 is 10.1 Å². The normalized spacial score (nSPS) is 10.8. The highest BCUT2D eigenvalue weighted by Gasteiger charge is 2.14. The second-order valence-corrected chi connectivity index (χ2v) is 7.05. The molecule has 0 atom stereocenters. The van der Waals surface area contributed by atoms with Gasteiger partial charge in [-0.2, -0.15) is 0 Å². The number of amides is 1. The van der Waals surface area contributed by atoms with Crippen molar-refractivity contribution in [3.63, 3.8) is 0 Å². The number of hydrogen-bond donors (Lipinski definition) is 1. The molecule has 4 aromatic rings. The van der Waals surface area contributed by atoms with Crippen molar-refractivity contribution in [2.24, 2.45) is 0 Å². The molecule has 0 aliphatic carbocycles. The smallest absolute Gasteiger partial charge is 0.265 e. The number of halogens is 1. The molecule has 0 aliphatic heterocycles. The van der Waals surface area contributed by atoms with Gasteiger partial charge in [0.1, 0.15) is 17.4 Å². The third-order valence-corrected chi connectivity index (χ3v) is 4.95. The lowest BCUT2D eigenvalue weighted by Crippen LogP contribution is -2.23. The Balaban J connectivity index is 1.64. The Hall–Kier alpha value is -4.00. The number of fused-ring (bicyclic) bond motifs is 1. The van der Waals surface area contributed by atoms with Crippen LogP contribution in [0.4, 0.5) is 10.1 Å². The molecule has 0 aliphatic rings. The molecule has 0 saturated heterocycles. The second-order valence-electron chi connectivity index (χ2n) is 7.05. The van der Waals surface area contributed by atoms with E-state index >= 15 is 0 Å². The average Bonchev–Trinajstić information content (AvgIpc) is 2.76. The molecule has 3 aromatic carbocycles. The first-order chi connectivity index (χ1) is 15.0. The molecule has 0 fully saturated rings. The summed E-state index contributed by atoms with van der Waals surface area (Å²) >= 11 is 0. The van der Waals surface area contributed by atoms with Gasteiger partial charge in [-0.05, 0) is 55.0 Å². The standard InChI is InChI=1S/C24H20FN3O3/c1-15-26-21-6-4-3-5-19(21)24(30)28(15)17-9-12-20(25)22(14-17)27-23(29)13-16-7-10-18(31-2)11-8-16/h3-12,14H,13H2,1-2H3,(H,27,29). The second kappa shape index (κ2) is 8.39. The fourth-order valence-electron chi connectivity index (χ4n) is 3.42. The molecular formula is C24H20FN3O3. The van der Waals surface area contributed by atoms with Gasteiger partial charge in [0.2, 0.25) is 5.91 Å². The monoisotopic (exact) mass is 417 g/mol. The average molecular weight is 417 g/mol. The van der Waals surface area contributed by atoms with Crippen LogP contribution in [-0.2, 0) is 11.2 Å². The molecule has 6 nitrogen and oxygen atoms in total. The van der Waals surface area contributed by atoms with Crippen LogP contribution in [0.25, 0.3) is 16.6 Å². The van der Waals surface area contributed by atoms with Crippen molar-refractivity contribution in [1.82, 2.24) is 9.55 Å². The van der Waals surface area contributed by atoms with E-state index in [1.165, 1.54) is 22.8 Å². The van der Waals surface area contributed by atoms with Crippen LogP contribution in [0.1, 0.15) is 11.4 Å². The van der Waals surface area contributed by atoms with Gasteiger partial charge in [0.15, 0.2) is 0 Å². The number of hydrogen-bond acceptors (Lipinski definition) is 4. The van der Waals surface area contributed by atoms with E-state index < -0.39 is 5.82 Å². The number of nitrogens with zero attached hydrogens (tertiary/aromatic N) is 2. The van der Waals surface area contributed by atoms with E-state index in [0.29, 0.717) is 28.2 Å². The summed E-state index contributed by atoms with van der Waals surface area (Å²) in [6.45, 7) is 1.71. The summed E-state index contributed by atoms with van der Waals surface area (Å²) in [5.74, 6) is 0.187. The SMILES string of the molecule is COc1ccc(CC(=O)Nc2cc(-n3c(C)nc4ccccc4c3=O)ccc2F)cc1. The first-order valence-electron chi connectivity index (χ1n) is 9.67. The fourth-order valence-corrected chi connectivity index (χ4v) is 3.42. The Morgan fingerprint density at radius 1 is 1.10 bits per heavy atom. The highest BCUT2D eigenvalue weighted by Crippen LogP contribution is 2.21. The van der Waals surface area contributed by atoms with Crippen LogP contribution in [0.2, 0.25) is 0 Å². The molecule has 156 valence electrons. The van der Waals surface area contributed by atoms with E-state index in [4.69, 9.17) is 4.74 Å². The predicted molar refractivity (Wildman–Crippen MR) is 117 cm³/mol. The zero-order chi connectivity index (χ0) is 22.0. The fraction of sp³-hybridized carbons (Fsp3) is 0.125. The van der Waals surface area contributed by atoms with Crippen molar-refractivity contribution >= 4 is 22.5 Å². The predicted octanol–water partition coefficient (Wildman–Crippen LogP) is 4.02. The maximum Gasteiger partial charge on any atom is 0.265 e. The van der Waals surface area contributed by atoms with Crippen molar-refractivity contribution in [2.45, 2.75) is 13.3 Å². The summed E-state index contributed by atoms with van der Waals surface area (Å²) in [4.78, 5) is 29.9. The molecule has 0 saturated carbocycles. The number of carbonyl (C=O) groups is 1. The van der Waals surface area contributed by atoms with Gasteiger partial charge >= 0.3 is 0 Å². The highest BCUT2D eigenvalue weighted by atomic mass is 19.1. The van der Waals surface area contributed by atoms with Crippen molar-refractivity contribution in [1.29, 1.82) is 0 Å². The quantitative estimate of drug-likeness (QED) is 0.532. The number of anilines is 1. The van der Waals surface area contributed by atoms with Crippen molar-refractivity contribution in [2.75, 3.05) is 12.4 Å². The Kier molecular flexibility index (Phi) is 5.49. The topological polar surface area (TPSA) is 73.2 Å². The van der Waals surface area contributed by atoms with Crippen molar-refractivity contribution < 1.29 is 13.9 Å². The molecule has 4 rings (SSSR count). The van der Waals surface area contributed by atoms with E-state index in [2.05, 4.69) is 10.3 Å². The maximum absolute atomic E-state index is 14.4. The third-order valence-electron chi connectivity index (χ3n) is 4.95. The van der Waals surface area contributed by atoms with Gasteiger partial charge in [0.25, 0.3) is 5.56 Å². The first-order valence-corrected chi connectivity index (χ1v) is 9.67. The Labute approximate surface area is 177 Å². The number of rotatable bonds is 5. The summed E-state index contributed by atoms with van der Waals surface area (Å²) in [5.41, 5.74) is 1.51. The number of carbonyl (C=O) groups excluding carboxylic acids is 1. The van der Waals surface area contributed by atoms with Gasteiger partial charge in [-0.15, -0.1) is 0 Å². The molecule has 0 unspecified atom stereocenters. The number of methoxy groups -OCH3 is 1. The zero-order valence-electron chi connectivity index (χ0n) is 17.1. The third kappa shape index (κ3) is 4.16. The van der Waals surface area contributed by atoms with E-state index in [1.54, 1.807) is 56.5 Å². The minimum absolute atomic E-state index is 0.00419. The van der Waals surface area contributed by atoms with Gasteiger partial charge in [-0.25, -0.2) is 9.37 Å². The van der Waals surface area contributed by atoms with Gasteiger partial charge in [-0.3, -0.25) is 14.2 Å². The van der Waals surface area contributed by atoms with Crippen LogP contribution in [0, 0.1) is 12.7 Å². The molecule has 1 amide bonds. The van der Waals surface area contributed by atoms with Crippen LogP contribution in [0.5, 0.6) is 5.75 Å². The van der Waals surface area contributed by atoms with E-state index in [1.807, 2.05) is 6.07 Å². The van der Waals surface area contributed by atoms with Crippen LogP contribution < -0.4 is 15.6 Å². The number of benzene rings is 3. The zero-order valence-corrected chi connectivity index (χ0v) is 17.1. The lowest BCUT2D eigenvalue weighted by atomic mass is 10.1. The van der Waals surface area contributed by atoms with Crippen molar-refractivity contribution in [3.8, 4) is 11.4 Å². The molecule has 1 N–H and O–H groups in total. The molecular weight excluding hydrogens is 397 g/mol. The number of nitrogens with one attached hydrogen (secondary N) is 1. The maximum atomic E-state index is 14.4.